The Bertz CT molecular complexity index is 507. The van der Waals surface area contributed by atoms with Crippen LogP contribution in [0.15, 0.2) is 17.1 Å². The lowest BCUT2D eigenvalue weighted by atomic mass is 10.00. The molecule has 0 saturated heterocycles. The van der Waals surface area contributed by atoms with Gasteiger partial charge in [-0.2, -0.15) is 0 Å². The summed E-state index contributed by atoms with van der Waals surface area (Å²) >= 11 is 5.36. The summed E-state index contributed by atoms with van der Waals surface area (Å²) in [5.74, 6) is 0. The van der Waals surface area contributed by atoms with E-state index in [-0.39, 0.29) is 5.56 Å². The SMILES string of the molecule is CCCCCCCC(CCCCCCC)n1ccc(=O)[nH]c1=S. The molecule has 0 aliphatic rings. The third-order valence-corrected chi connectivity index (χ3v) is 4.84. The average molecular weight is 339 g/mol. The predicted molar refractivity (Wildman–Crippen MR) is 102 cm³/mol. The van der Waals surface area contributed by atoms with Gasteiger partial charge in [-0.3, -0.25) is 9.78 Å². The first-order valence-electron chi connectivity index (χ1n) is 9.50. The van der Waals surface area contributed by atoms with Crippen molar-refractivity contribution in [3.05, 3.63) is 27.4 Å². The molecule has 0 amide bonds. The van der Waals surface area contributed by atoms with E-state index >= 15 is 0 Å². The molecule has 1 heterocycles. The van der Waals surface area contributed by atoms with E-state index in [1.165, 1.54) is 64.2 Å². The highest BCUT2D eigenvalue weighted by molar-refractivity contribution is 7.71. The Hall–Kier alpha value is -0.900. The fourth-order valence-corrected chi connectivity index (χ4v) is 3.41. The van der Waals surface area contributed by atoms with Crippen molar-refractivity contribution in [3.8, 4) is 0 Å². The summed E-state index contributed by atoms with van der Waals surface area (Å²) in [6, 6.07) is 2.03. The summed E-state index contributed by atoms with van der Waals surface area (Å²) in [7, 11) is 0. The van der Waals surface area contributed by atoms with Gasteiger partial charge in [0.25, 0.3) is 5.56 Å². The van der Waals surface area contributed by atoms with Gasteiger partial charge in [0.1, 0.15) is 0 Å². The molecule has 0 aliphatic heterocycles. The van der Waals surface area contributed by atoms with Crippen LogP contribution in [0, 0.1) is 4.77 Å². The van der Waals surface area contributed by atoms with Crippen molar-refractivity contribution in [2.75, 3.05) is 0 Å². The molecule has 0 unspecified atom stereocenters. The topological polar surface area (TPSA) is 37.8 Å². The molecule has 0 bridgehead atoms. The highest BCUT2D eigenvalue weighted by Gasteiger charge is 2.11. The number of H-pyrrole nitrogens is 1. The van der Waals surface area contributed by atoms with Crippen molar-refractivity contribution >= 4 is 12.2 Å². The minimum Gasteiger partial charge on any atom is -0.322 e. The third kappa shape index (κ3) is 8.50. The van der Waals surface area contributed by atoms with Crippen LogP contribution in [0.25, 0.3) is 0 Å². The van der Waals surface area contributed by atoms with Gasteiger partial charge in [0.2, 0.25) is 0 Å². The lowest BCUT2D eigenvalue weighted by Crippen LogP contribution is -2.16. The van der Waals surface area contributed by atoms with Gasteiger partial charge in [-0.05, 0) is 25.1 Å². The van der Waals surface area contributed by atoms with Crippen LogP contribution < -0.4 is 5.56 Å². The zero-order valence-electron chi connectivity index (χ0n) is 15.0. The number of nitrogens with zero attached hydrogens (tertiary/aromatic N) is 1. The van der Waals surface area contributed by atoms with Crippen LogP contribution in [0.3, 0.4) is 0 Å². The quantitative estimate of drug-likeness (QED) is 0.345. The molecule has 1 aromatic rings. The Morgan fingerprint density at radius 3 is 1.96 bits per heavy atom. The maximum absolute atomic E-state index is 11.4. The Labute approximate surface area is 146 Å². The lowest BCUT2D eigenvalue weighted by Gasteiger charge is -2.20. The number of unbranched alkanes of at least 4 members (excludes halogenated alkanes) is 8. The Balaban J connectivity index is 2.56. The first-order chi connectivity index (χ1) is 11.2. The molecule has 0 radical (unpaired) electrons. The van der Waals surface area contributed by atoms with Crippen LogP contribution in [0.4, 0.5) is 0 Å². The van der Waals surface area contributed by atoms with Gasteiger partial charge in [-0.1, -0.05) is 78.1 Å². The van der Waals surface area contributed by atoms with Crippen molar-refractivity contribution in [1.29, 1.82) is 0 Å². The van der Waals surface area contributed by atoms with E-state index in [1.54, 1.807) is 6.07 Å². The minimum absolute atomic E-state index is 0.101. The number of hydrogen-bond donors (Lipinski definition) is 1. The Morgan fingerprint density at radius 1 is 0.957 bits per heavy atom. The summed E-state index contributed by atoms with van der Waals surface area (Å²) < 4.78 is 2.68. The first kappa shape index (κ1) is 20.1. The monoisotopic (exact) mass is 338 g/mol. The van der Waals surface area contributed by atoms with Crippen molar-refractivity contribution in [1.82, 2.24) is 9.55 Å². The summed E-state index contributed by atoms with van der Waals surface area (Å²) in [6.45, 7) is 4.50. The molecule has 23 heavy (non-hydrogen) atoms. The van der Waals surface area contributed by atoms with Crippen LogP contribution in [-0.4, -0.2) is 9.55 Å². The molecule has 0 aromatic carbocycles. The molecular weight excluding hydrogens is 304 g/mol. The van der Waals surface area contributed by atoms with E-state index in [4.69, 9.17) is 12.2 Å². The predicted octanol–water partition coefficient (Wildman–Crippen LogP) is 6.17. The van der Waals surface area contributed by atoms with E-state index < -0.39 is 0 Å². The van der Waals surface area contributed by atoms with Gasteiger partial charge >= 0.3 is 0 Å². The number of rotatable bonds is 13. The first-order valence-corrected chi connectivity index (χ1v) is 9.91. The second-order valence-corrected chi connectivity index (χ2v) is 6.96. The van der Waals surface area contributed by atoms with Gasteiger partial charge in [0.05, 0.1) is 0 Å². The number of aromatic nitrogens is 2. The molecule has 1 N–H and O–H groups in total. The Kier molecular flexibility index (Phi) is 11.0. The fourth-order valence-electron chi connectivity index (χ4n) is 3.10. The highest BCUT2D eigenvalue weighted by atomic mass is 32.1. The smallest absolute Gasteiger partial charge is 0.251 e. The van der Waals surface area contributed by atoms with Crippen LogP contribution in [0.2, 0.25) is 0 Å². The van der Waals surface area contributed by atoms with Crippen molar-refractivity contribution in [3.63, 3.8) is 0 Å². The second-order valence-electron chi connectivity index (χ2n) is 6.58. The zero-order valence-corrected chi connectivity index (χ0v) is 15.8. The fraction of sp³-hybridized carbons (Fsp3) is 0.789. The molecule has 1 aromatic heterocycles. The van der Waals surface area contributed by atoms with E-state index in [0.29, 0.717) is 10.8 Å². The van der Waals surface area contributed by atoms with Crippen LogP contribution in [0.1, 0.15) is 96.9 Å². The van der Waals surface area contributed by atoms with Gasteiger partial charge in [0, 0.05) is 18.3 Å². The lowest BCUT2D eigenvalue weighted by molar-refractivity contribution is 0.386. The van der Waals surface area contributed by atoms with Gasteiger partial charge in [-0.15, -0.1) is 0 Å². The summed E-state index contributed by atoms with van der Waals surface area (Å²) in [4.78, 5) is 14.2. The molecular formula is C19H34N2OS. The molecule has 1 rings (SSSR count). The third-order valence-electron chi connectivity index (χ3n) is 4.53. The van der Waals surface area contributed by atoms with Crippen LogP contribution in [-0.2, 0) is 0 Å². The van der Waals surface area contributed by atoms with E-state index in [0.717, 1.165) is 12.8 Å². The zero-order chi connectivity index (χ0) is 16.9. The molecule has 3 nitrogen and oxygen atoms in total. The number of aromatic amines is 1. The summed E-state index contributed by atoms with van der Waals surface area (Å²) in [6.07, 6.45) is 17.2. The normalized spacial score (nSPS) is 11.3. The molecule has 0 aliphatic carbocycles. The van der Waals surface area contributed by atoms with Gasteiger partial charge < -0.3 is 4.57 Å². The molecule has 4 heteroatoms. The maximum atomic E-state index is 11.4. The molecule has 0 fully saturated rings. The standard InChI is InChI=1S/C19H34N2OS/c1-3-5-7-9-11-13-17(14-12-10-8-6-4-2)21-16-15-18(22)20-19(21)23/h15-17H,3-14H2,1-2H3,(H,20,22,23). The molecule has 0 saturated carbocycles. The van der Waals surface area contributed by atoms with Crippen molar-refractivity contribution in [2.45, 2.75) is 96.9 Å². The number of nitrogens with one attached hydrogen (secondary N) is 1. The number of hydrogen-bond acceptors (Lipinski definition) is 2. The average Bonchev–Trinajstić information content (AvgIpc) is 2.53. The maximum Gasteiger partial charge on any atom is 0.251 e. The Morgan fingerprint density at radius 2 is 1.48 bits per heavy atom. The molecule has 0 atom stereocenters. The van der Waals surface area contributed by atoms with Crippen molar-refractivity contribution < 1.29 is 0 Å². The van der Waals surface area contributed by atoms with Crippen LogP contribution >= 0.6 is 12.2 Å². The highest BCUT2D eigenvalue weighted by Crippen LogP contribution is 2.23. The largest absolute Gasteiger partial charge is 0.322 e. The van der Waals surface area contributed by atoms with E-state index in [9.17, 15) is 4.79 Å². The van der Waals surface area contributed by atoms with Crippen molar-refractivity contribution in [2.24, 2.45) is 0 Å². The second kappa shape index (κ2) is 12.5. The van der Waals surface area contributed by atoms with E-state index in [2.05, 4.69) is 23.4 Å². The van der Waals surface area contributed by atoms with E-state index in [1.807, 2.05) is 6.20 Å². The minimum atomic E-state index is -0.101. The van der Waals surface area contributed by atoms with Crippen LogP contribution in [0.5, 0.6) is 0 Å². The molecule has 0 spiro atoms. The summed E-state index contributed by atoms with van der Waals surface area (Å²) in [5.41, 5.74) is -0.101. The van der Waals surface area contributed by atoms with Gasteiger partial charge in [-0.25, -0.2) is 0 Å². The summed E-state index contributed by atoms with van der Waals surface area (Å²) in [5, 5.41) is 0. The molecule has 132 valence electrons. The van der Waals surface area contributed by atoms with Gasteiger partial charge in [0.15, 0.2) is 4.77 Å².